The minimum absolute atomic E-state index is 0.174. The molecule has 2 nitrogen and oxygen atoms in total. The van der Waals surface area contributed by atoms with Crippen molar-refractivity contribution in [2.24, 2.45) is 0 Å². The number of furan rings is 1. The van der Waals surface area contributed by atoms with Crippen LogP contribution in [0.4, 0.5) is 0 Å². The first-order valence-electron chi connectivity index (χ1n) is 7.46. The summed E-state index contributed by atoms with van der Waals surface area (Å²) in [7, 11) is 0. The summed E-state index contributed by atoms with van der Waals surface area (Å²) in [6, 6.07) is 19.2. The van der Waals surface area contributed by atoms with E-state index in [9.17, 15) is 0 Å². The van der Waals surface area contributed by atoms with Crippen LogP contribution < -0.4 is 5.32 Å². The van der Waals surface area contributed by atoms with E-state index in [0.29, 0.717) is 0 Å². The Labute approximate surface area is 125 Å². The quantitative estimate of drug-likeness (QED) is 0.714. The lowest BCUT2D eigenvalue weighted by atomic mass is 10.1. The second-order valence-corrected chi connectivity index (χ2v) is 5.61. The summed E-state index contributed by atoms with van der Waals surface area (Å²) < 4.78 is 6.03. The molecule has 0 aliphatic rings. The van der Waals surface area contributed by atoms with Crippen LogP contribution in [-0.4, -0.2) is 0 Å². The van der Waals surface area contributed by atoms with Crippen LogP contribution in [0.15, 0.2) is 59.0 Å². The standard InChI is InChI=1S/C19H21NO/c1-13-17-11-7-8-12-18(17)21-19(13)15(3)20-14(2)16-9-5-4-6-10-16/h4-12,14-15,20H,1-3H3/t14-,15?/m0/s1. The van der Waals surface area contributed by atoms with Gasteiger partial charge in [0.25, 0.3) is 0 Å². The normalized spacial score (nSPS) is 14.2. The van der Waals surface area contributed by atoms with Gasteiger partial charge in [0.2, 0.25) is 0 Å². The van der Waals surface area contributed by atoms with Crippen LogP contribution in [-0.2, 0) is 0 Å². The van der Waals surface area contributed by atoms with Gasteiger partial charge in [0.1, 0.15) is 11.3 Å². The van der Waals surface area contributed by atoms with Crippen molar-refractivity contribution < 1.29 is 4.42 Å². The zero-order valence-corrected chi connectivity index (χ0v) is 12.8. The first-order valence-corrected chi connectivity index (χ1v) is 7.46. The number of hydrogen-bond donors (Lipinski definition) is 1. The first kappa shape index (κ1) is 13.9. The summed E-state index contributed by atoms with van der Waals surface area (Å²) in [5.74, 6) is 1.03. The Morgan fingerprint density at radius 2 is 1.52 bits per heavy atom. The molecule has 0 aliphatic heterocycles. The number of benzene rings is 2. The molecule has 2 aromatic carbocycles. The van der Waals surface area contributed by atoms with Gasteiger partial charge in [0, 0.05) is 11.4 Å². The van der Waals surface area contributed by atoms with Gasteiger partial charge in [-0.15, -0.1) is 0 Å². The first-order chi connectivity index (χ1) is 10.2. The van der Waals surface area contributed by atoms with Crippen LogP contribution in [0.5, 0.6) is 0 Å². The van der Waals surface area contributed by atoms with Crippen molar-refractivity contribution >= 4 is 11.0 Å². The number of nitrogens with one attached hydrogen (secondary N) is 1. The average molecular weight is 279 g/mol. The van der Waals surface area contributed by atoms with Crippen molar-refractivity contribution in [1.29, 1.82) is 0 Å². The average Bonchev–Trinajstić information content (AvgIpc) is 2.86. The Hall–Kier alpha value is -2.06. The molecule has 0 saturated carbocycles. The molecular formula is C19H21NO. The Morgan fingerprint density at radius 1 is 0.857 bits per heavy atom. The van der Waals surface area contributed by atoms with Crippen molar-refractivity contribution in [3.63, 3.8) is 0 Å². The molecule has 1 heterocycles. The third-order valence-corrected chi connectivity index (χ3v) is 4.07. The zero-order chi connectivity index (χ0) is 14.8. The topological polar surface area (TPSA) is 25.2 Å². The van der Waals surface area contributed by atoms with E-state index in [1.807, 2.05) is 18.2 Å². The summed E-state index contributed by atoms with van der Waals surface area (Å²) >= 11 is 0. The van der Waals surface area contributed by atoms with Crippen LogP contribution in [0, 0.1) is 6.92 Å². The summed E-state index contributed by atoms with van der Waals surface area (Å²) in [6.45, 7) is 6.47. The number of para-hydroxylation sites is 1. The fourth-order valence-electron chi connectivity index (χ4n) is 2.89. The van der Waals surface area contributed by atoms with Crippen LogP contribution in [0.1, 0.15) is 42.8 Å². The molecule has 3 aromatic rings. The molecule has 21 heavy (non-hydrogen) atoms. The van der Waals surface area contributed by atoms with E-state index in [0.717, 1.165) is 11.3 Å². The summed E-state index contributed by atoms with van der Waals surface area (Å²) in [5.41, 5.74) is 3.48. The lowest BCUT2D eigenvalue weighted by Crippen LogP contribution is -2.22. The van der Waals surface area contributed by atoms with Gasteiger partial charge in [0.05, 0.1) is 6.04 Å². The van der Waals surface area contributed by atoms with Gasteiger partial charge in [-0.2, -0.15) is 0 Å². The molecule has 0 fully saturated rings. The summed E-state index contributed by atoms with van der Waals surface area (Å²) in [6.07, 6.45) is 0. The van der Waals surface area contributed by atoms with E-state index in [1.54, 1.807) is 0 Å². The maximum atomic E-state index is 6.03. The predicted octanol–water partition coefficient (Wildman–Crippen LogP) is 5.15. The molecule has 0 radical (unpaired) electrons. The molecule has 108 valence electrons. The SMILES string of the molecule is Cc1c(C(C)N[C@@H](C)c2ccccc2)oc2ccccc12. The van der Waals surface area contributed by atoms with Gasteiger partial charge < -0.3 is 9.73 Å². The molecule has 1 aromatic heterocycles. The molecule has 0 aliphatic carbocycles. The molecule has 2 atom stereocenters. The monoisotopic (exact) mass is 279 g/mol. The number of aryl methyl sites for hydroxylation is 1. The fourth-order valence-corrected chi connectivity index (χ4v) is 2.89. The largest absolute Gasteiger partial charge is 0.459 e. The van der Waals surface area contributed by atoms with Crippen LogP contribution >= 0.6 is 0 Å². The molecule has 3 rings (SSSR count). The van der Waals surface area contributed by atoms with Crippen molar-refractivity contribution in [1.82, 2.24) is 5.32 Å². The third kappa shape index (κ3) is 2.72. The minimum atomic E-state index is 0.174. The predicted molar refractivity (Wildman–Crippen MR) is 87.4 cm³/mol. The van der Waals surface area contributed by atoms with Gasteiger partial charge in [-0.05, 0) is 38.0 Å². The second kappa shape index (κ2) is 5.74. The van der Waals surface area contributed by atoms with E-state index in [1.165, 1.54) is 16.5 Å². The molecule has 0 spiro atoms. The minimum Gasteiger partial charge on any atom is -0.459 e. The van der Waals surface area contributed by atoms with Crippen LogP contribution in [0.2, 0.25) is 0 Å². The zero-order valence-electron chi connectivity index (χ0n) is 12.8. The van der Waals surface area contributed by atoms with Crippen molar-refractivity contribution in [2.75, 3.05) is 0 Å². The lowest BCUT2D eigenvalue weighted by Gasteiger charge is -2.19. The molecule has 0 amide bonds. The summed E-state index contributed by atoms with van der Waals surface area (Å²) in [5, 5.41) is 4.82. The van der Waals surface area contributed by atoms with Crippen molar-refractivity contribution in [3.8, 4) is 0 Å². The number of fused-ring (bicyclic) bond motifs is 1. The molecule has 0 saturated heterocycles. The highest BCUT2D eigenvalue weighted by molar-refractivity contribution is 5.82. The maximum Gasteiger partial charge on any atom is 0.134 e. The van der Waals surface area contributed by atoms with Crippen LogP contribution in [0.3, 0.4) is 0 Å². The highest BCUT2D eigenvalue weighted by atomic mass is 16.3. The Bertz CT molecular complexity index is 730. The van der Waals surface area contributed by atoms with E-state index in [4.69, 9.17) is 4.42 Å². The van der Waals surface area contributed by atoms with Gasteiger partial charge in [-0.3, -0.25) is 0 Å². The lowest BCUT2D eigenvalue weighted by molar-refractivity contribution is 0.415. The van der Waals surface area contributed by atoms with Crippen LogP contribution in [0.25, 0.3) is 11.0 Å². The number of rotatable bonds is 4. The van der Waals surface area contributed by atoms with Crippen molar-refractivity contribution in [3.05, 3.63) is 71.5 Å². The molecular weight excluding hydrogens is 258 g/mol. The molecule has 1 unspecified atom stereocenters. The van der Waals surface area contributed by atoms with E-state index in [2.05, 4.69) is 62.5 Å². The molecule has 1 N–H and O–H groups in total. The highest BCUT2D eigenvalue weighted by Gasteiger charge is 2.18. The van der Waals surface area contributed by atoms with E-state index >= 15 is 0 Å². The third-order valence-electron chi connectivity index (χ3n) is 4.07. The Kier molecular flexibility index (Phi) is 3.80. The molecule has 0 bridgehead atoms. The maximum absolute atomic E-state index is 6.03. The second-order valence-electron chi connectivity index (χ2n) is 5.61. The van der Waals surface area contributed by atoms with Gasteiger partial charge in [-0.1, -0.05) is 48.5 Å². The van der Waals surface area contributed by atoms with Gasteiger partial charge in [-0.25, -0.2) is 0 Å². The van der Waals surface area contributed by atoms with Crippen molar-refractivity contribution in [2.45, 2.75) is 32.9 Å². The smallest absolute Gasteiger partial charge is 0.134 e. The highest BCUT2D eigenvalue weighted by Crippen LogP contribution is 2.30. The van der Waals surface area contributed by atoms with E-state index < -0.39 is 0 Å². The fraction of sp³-hybridized carbons (Fsp3) is 0.263. The summed E-state index contributed by atoms with van der Waals surface area (Å²) in [4.78, 5) is 0. The van der Waals surface area contributed by atoms with E-state index in [-0.39, 0.29) is 12.1 Å². The Morgan fingerprint density at radius 3 is 2.24 bits per heavy atom. The van der Waals surface area contributed by atoms with Gasteiger partial charge in [0.15, 0.2) is 0 Å². The van der Waals surface area contributed by atoms with Gasteiger partial charge >= 0.3 is 0 Å². The Balaban J connectivity index is 1.84. The number of hydrogen-bond acceptors (Lipinski definition) is 2. The molecule has 2 heteroatoms.